The Morgan fingerprint density at radius 2 is 0.520 bits per heavy atom. The summed E-state index contributed by atoms with van der Waals surface area (Å²) in [6.45, 7) is 4.75. The van der Waals surface area contributed by atoms with Gasteiger partial charge in [-0.2, -0.15) is 0 Å². The number of phosphoric ester groups is 2. The molecule has 0 fully saturated rings. The highest BCUT2D eigenvalue weighted by Gasteiger charge is 2.30. The average Bonchev–Trinajstić information content (AvgIpc) is 1.01. The number of unbranched alkanes of at least 4 members (excludes halogenated alkanes) is 38. The predicted molar refractivity (Wildman–Crippen MR) is 409 cm³/mol. The zero-order chi connectivity index (χ0) is 73.2. The second-order valence-corrected chi connectivity index (χ2v) is 29.9. The summed E-state index contributed by atoms with van der Waals surface area (Å²) in [5.41, 5.74) is 0. The molecule has 0 heterocycles. The highest BCUT2D eigenvalue weighted by Crippen LogP contribution is 2.45. The Bertz CT molecular complexity index is 2180. The van der Waals surface area contributed by atoms with Gasteiger partial charge in [0.1, 0.15) is 19.3 Å². The molecule has 0 spiro atoms. The Labute approximate surface area is 609 Å². The number of aliphatic hydroxyl groups is 1. The van der Waals surface area contributed by atoms with Crippen LogP contribution in [-0.2, 0) is 65.4 Å². The normalized spacial score (nSPS) is 14.3. The molecular formula is C81H146O17P2. The molecule has 0 aliphatic heterocycles. The van der Waals surface area contributed by atoms with E-state index in [-0.39, 0.29) is 25.7 Å². The number of aliphatic hydroxyl groups excluding tert-OH is 1. The van der Waals surface area contributed by atoms with Crippen LogP contribution >= 0.6 is 15.6 Å². The monoisotopic (exact) mass is 1450 g/mol. The van der Waals surface area contributed by atoms with Crippen LogP contribution in [0.5, 0.6) is 0 Å². The maximum absolute atomic E-state index is 13.1. The van der Waals surface area contributed by atoms with Crippen LogP contribution in [0.15, 0.2) is 72.9 Å². The first-order valence-electron chi connectivity index (χ1n) is 40.2. The lowest BCUT2D eigenvalue weighted by atomic mass is 10.0. The maximum Gasteiger partial charge on any atom is 0.472 e. The van der Waals surface area contributed by atoms with E-state index in [1.54, 1.807) is 0 Å². The summed E-state index contributed by atoms with van der Waals surface area (Å²) in [6.07, 6.45) is 74.7. The van der Waals surface area contributed by atoms with Crippen LogP contribution in [0.1, 0.15) is 362 Å². The number of ether oxygens (including phenoxy) is 4. The summed E-state index contributed by atoms with van der Waals surface area (Å²) >= 11 is 0. The van der Waals surface area contributed by atoms with Crippen LogP contribution in [0.3, 0.4) is 0 Å². The molecule has 17 nitrogen and oxygen atoms in total. The van der Waals surface area contributed by atoms with E-state index in [9.17, 15) is 43.2 Å². The van der Waals surface area contributed by atoms with Gasteiger partial charge >= 0.3 is 39.5 Å². The number of esters is 4. The molecule has 0 saturated heterocycles. The van der Waals surface area contributed by atoms with Crippen molar-refractivity contribution in [2.45, 2.75) is 380 Å². The fraction of sp³-hybridized carbons (Fsp3) is 0.802. The smallest absolute Gasteiger partial charge is 0.462 e. The third-order valence-electron chi connectivity index (χ3n) is 17.2. The lowest BCUT2D eigenvalue weighted by molar-refractivity contribution is -0.161. The molecule has 2 unspecified atom stereocenters. The van der Waals surface area contributed by atoms with Crippen molar-refractivity contribution in [2.75, 3.05) is 39.6 Å². The molecule has 0 radical (unpaired) electrons. The van der Waals surface area contributed by atoms with Crippen LogP contribution in [0.2, 0.25) is 0 Å². The summed E-state index contributed by atoms with van der Waals surface area (Å²) in [5, 5.41) is 10.6. The molecule has 0 aromatic heterocycles. The van der Waals surface area contributed by atoms with Gasteiger partial charge in [0.25, 0.3) is 0 Å². The van der Waals surface area contributed by atoms with Crippen molar-refractivity contribution in [1.82, 2.24) is 0 Å². The minimum atomic E-state index is -4.99. The number of carbonyl (C=O) groups is 4. The molecule has 0 aromatic rings. The van der Waals surface area contributed by atoms with Gasteiger partial charge in [0.05, 0.1) is 26.4 Å². The third-order valence-corrected chi connectivity index (χ3v) is 19.1. The van der Waals surface area contributed by atoms with Crippen LogP contribution in [-0.4, -0.2) is 96.7 Å². The van der Waals surface area contributed by atoms with Crippen molar-refractivity contribution in [3.05, 3.63) is 72.9 Å². The molecule has 0 rings (SSSR count). The van der Waals surface area contributed by atoms with Crippen LogP contribution in [0.4, 0.5) is 0 Å². The number of hydrogen-bond donors (Lipinski definition) is 3. The summed E-state index contributed by atoms with van der Waals surface area (Å²) in [4.78, 5) is 72.9. The Morgan fingerprint density at radius 1 is 0.290 bits per heavy atom. The number of allylic oxidation sites excluding steroid dienone is 12. The number of carbonyl (C=O) groups excluding carboxylic acids is 4. The third kappa shape index (κ3) is 72.8. The summed E-state index contributed by atoms with van der Waals surface area (Å²) in [7, 11) is -9.96. The van der Waals surface area contributed by atoms with Gasteiger partial charge in [0.15, 0.2) is 12.2 Å². The maximum atomic E-state index is 13.1. The summed E-state index contributed by atoms with van der Waals surface area (Å²) in [5.74, 6) is -2.24. The van der Waals surface area contributed by atoms with Crippen molar-refractivity contribution >= 4 is 39.5 Å². The molecule has 0 saturated carbocycles. The number of rotatable bonds is 76. The Balaban J connectivity index is 5.38. The highest BCUT2D eigenvalue weighted by atomic mass is 31.2. The second kappa shape index (κ2) is 73.8. The van der Waals surface area contributed by atoms with E-state index in [2.05, 4.69) is 82.4 Å². The first kappa shape index (κ1) is 96.5. The van der Waals surface area contributed by atoms with Crippen molar-refractivity contribution in [1.29, 1.82) is 0 Å². The highest BCUT2D eigenvalue weighted by molar-refractivity contribution is 7.47. The summed E-state index contributed by atoms with van der Waals surface area (Å²) < 4.78 is 68.5. The van der Waals surface area contributed by atoms with Gasteiger partial charge in [-0.1, -0.05) is 345 Å². The van der Waals surface area contributed by atoms with E-state index in [4.69, 9.17) is 37.0 Å². The van der Waals surface area contributed by atoms with Gasteiger partial charge in [-0.3, -0.25) is 37.3 Å². The lowest BCUT2D eigenvalue weighted by Gasteiger charge is -2.21. The van der Waals surface area contributed by atoms with E-state index >= 15 is 0 Å². The van der Waals surface area contributed by atoms with Gasteiger partial charge < -0.3 is 33.8 Å². The molecule has 100 heavy (non-hydrogen) atoms. The van der Waals surface area contributed by atoms with Gasteiger partial charge in [0, 0.05) is 25.7 Å². The summed E-state index contributed by atoms with van der Waals surface area (Å²) in [6, 6.07) is 0. The minimum Gasteiger partial charge on any atom is -0.462 e. The fourth-order valence-corrected chi connectivity index (χ4v) is 12.7. The molecule has 0 amide bonds. The van der Waals surface area contributed by atoms with Crippen LogP contribution in [0, 0.1) is 0 Å². The quantitative estimate of drug-likeness (QED) is 0.0169. The van der Waals surface area contributed by atoms with Crippen LogP contribution < -0.4 is 0 Å². The topological polar surface area (TPSA) is 237 Å². The second-order valence-electron chi connectivity index (χ2n) is 27.0. The van der Waals surface area contributed by atoms with Crippen molar-refractivity contribution < 1.29 is 80.2 Å². The first-order chi connectivity index (χ1) is 48.7. The standard InChI is InChI=1S/C81H146O17P2/c1-5-9-13-17-21-25-29-33-35-36-37-38-40-44-48-52-56-60-64-68-81(86)98-77(72-92-79(84)66-62-58-54-50-46-42-32-28-24-20-16-12-8-4)74-96-100(89,90)94-70-75(82)69-93-99(87,88)95-73-76(71-91-78(83)65-61-57-53-49-45-41-31-27-23-19-15-11-7-3)97-80(85)67-63-59-55-51-47-43-39-34-30-26-22-18-14-10-6-2/h9,13,21,25,33,35,37-38,44,48,56,60,75-77,82H,5-8,10-12,14-20,22-24,26-32,34,36,39-43,45-47,49-55,57-59,61-74H2,1-4H3,(H,87,88)(H,89,90)/b13-9-,25-21-,35-33-,38-37-,48-44-,60-56-/t75-,76+,77+/m0/s1. The minimum absolute atomic E-state index is 0.0259. The Hall–Kier alpha value is -3.50. The molecule has 3 N–H and O–H groups in total. The molecule has 0 aliphatic carbocycles. The van der Waals surface area contributed by atoms with E-state index in [1.807, 2.05) is 18.2 Å². The van der Waals surface area contributed by atoms with Crippen molar-refractivity contribution in [3.8, 4) is 0 Å². The molecule has 582 valence electrons. The zero-order valence-corrected chi connectivity index (χ0v) is 65.4. The van der Waals surface area contributed by atoms with E-state index in [1.165, 1.54) is 180 Å². The predicted octanol–water partition coefficient (Wildman–Crippen LogP) is 23.2. The van der Waals surface area contributed by atoms with Crippen molar-refractivity contribution in [3.63, 3.8) is 0 Å². The molecule has 0 bridgehead atoms. The van der Waals surface area contributed by atoms with Crippen LogP contribution in [0.25, 0.3) is 0 Å². The molecule has 0 aliphatic rings. The van der Waals surface area contributed by atoms with Gasteiger partial charge in [-0.05, 0) is 64.2 Å². The largest absolute Gasteiger partial charge is 0.472 e. The molecular weight excluding hydrogens is 1310 g/mol. The average molecular weight is 1450 g/mol. The molecule has 0 aromatic carbocycles. The van der Waals surface area contributed by atoms with Gasteiger partial charge in [0.2, 0.25) is 0 Å². The number of phosphoric acid groups is 2. The van der Waals surface area contributed by atoms with Gasteiger partial charge in [-0.25, -0.2) is 9.13 Å². The molecule has 5 atom stereocenters. The van der Waals surface area contributed by atoms with E-state index < -0.39 is 97.5 Å². The van der Waals surface area contributed by atoms with Crippen molar-refractivity contribution in [2.24, 2.45) is 0 Å². The van der Waals surface area contributed by atoms with Gasteiger partial charge in [-0.15, -0.1) is 0 Å². The Morgan fingerprint density at radius 3 is 0.800 bits per heavy atom. The fourth-order valence-electron chi connectivity index (χ4n) is 11.1. The Kier molecular flexibility index (Phi) is 71.2. The SMILES string of the molecule is CC/C=C\C/C=C\C/C=C\C/C=C\C/C=C\C/C=C\CCC(=O)O[C@H](COC(=O)CCCCCCCCCCCCCCC)COP(=O)(O)OC[C@@H](O)COP(=O)(O)OC[C@@H](COC(=O)CCCCCCCCCCCCCCC)OC(=O)CCCCCCCCCCCCCCCCC. The zero-order valence-electron chi connectivity index (χ0n) is 63.6. The molecule has 19 heteroatoms. The van der Waals surface area contributed by atoms with E-state index in [0.717, 1.165) is 96.3 Å². The number of hydrogen-bond acceptors (Lipinski definition) is 15. The first-order valence-corrected chi connectivity index (χ1v) is 43.2. The lowest BCUT2D eigenvalue weighted by Crippen LogP contribution is -2.30. The van der Waals surface area contributed by atoms with E-state index in [0.29, 0.717) is 32.1 Å².